The van der Waals surface area contributed by atoms with Gasteiger partial charge in [0.05, 0.1) is 6.67 Å². The van der Waals surface area contributed by atoms with Crippen LogP contribution in [0, 0.1) is 0 Å². The minimum absolute atomic E-state index is 0.467. The van der Waals surface area contributed by atoms with Gasteiger partial charge in [-0.3, -0.25) is 9.80 Å². The zero-order valence-corrected chi connectivity index (χ0v) is 14.5. The highest BCUT2D eigenvalue weighted by molar-refractivity contribution is 5.74. The number of piperazine rings is 1. The minimum Gasteiger partial charge on any atom is -0.488 e. The number of nitrogens with one attached hydrogen (secondary N) is 1. The fourth-order valence-corrected chi connectivity index (χ4v) is 3.71. The van der Waals surface area contributed by atoms with Crippen molar-refractivity contribution in [3.8, 4) is 5.75 Å². The number of para-hydroxylation sites is 1. The molecule has 1 aliphatic carbocycles. The summed E-state index contributed by atoms with van der Waals surface area (Å²) in [5, 5.41) is 3.46. The number of hydrogen-bond acceptors (Lipinski definition) is 5. The van der Waals surface area contributed by atoms with E-state index in [1.54, 1.807) is 0 Å². The van der Waals surface area contributed by atoms with Crippen molar-refractivity contribution in [3.63, 3.8) is 0 Å². The summed E-state index contributed by atoms with van der Waals surface area (Å²) in [6.45, 7) is 5.87. The highest BCUT2D eigenvalue weighted by atomic mass is 16.5. The molecule has 2 aliphatic heterocycles. The van der Waals surface area contributed by atoms with E-state index in [0.717, 1.165) is 50.7 Å². The van der Waals surface area contributed by atoms with Crippen LogP contribution in [0.5, 0.6) is 5.75 Å². The molecule has 132 valence electrons. The van der Waals surface area contributed by atoms with Crippen LogP contribution in [0.25, 0.3) is 5.57 Å². The van der Waals surface area contributed by atoms with Crippen LogP contribution in [0.1, 0.15) is 12.0 Å². The zero-order valence-electron chi connectivity index (χ0n) is 14.5. The van der Waals surface area contributed by atoms with Gasteiger partial charge in [-0.1, -0.05) is 24.3 Å². The van der Waals surface area contributed by atoms with Crippen LogP contribution in [0.4, 0.5) is 0 Å². The van der Waals surface area contributed by atoms with Crippen molar-refractivity contribution < 1.29 is 4.74 Å². The molecule has 5 heteroatoms. The first-order chi connectivity index (χ1) is 12.3. The number of nitrogens with two attached hydrogens (primary N) is 1. The lowest BCUT2D eigenvalue weighted by atomic mass is 10.0. The summed E-state index contributed by atoms with van der Waals surface area (Å²) >= 11 is 0. The molecule has 1 saturated heterocycles. The van der Waals surface area contributed by atoms with Crippen LogP contribution in [0.3, 0.4) is 0 Å². The molecule has 1 aromatic rings. The second kappa shape index (κ2) is 7.33. The van der Waals surface area contributed by atoms with Crippen molar-refractivity contribution in [2.45, 2.75) is 12.5 Å². The van der Waals surface area contributed by atoms with Crippen molar-refractivity contribution in [2.75, 3.05) is 39.5 Å². The first-order valence-corrected chi connectivity index (χ1v) is 9.04. The Labute approximate surface area is 149 Å². The first kappa shape index (κ1) is 16.2. The summed E-state index contributed by atoms with van der Waals surface area (Å²) < 4.78 is 5.69. The van der Waals surface area contributed by atoms with Gasteiger partial charge in [0.1, 0.15) is 12.4 Å². The zero-order chi connectivity index (χ0) is 17.1. The highest BCUT2D eigenvalue weighted by Crippen LogP contribution is 2.31. The highest BCUT2D eigenvalue weighted by Gasteiger charge is 2.23. The Balaban J connectivity index is 1.25. The van der Waals surface area contributed by atoms with Gasteiger partial charge in [-0.05, 0) is 24.6 Å². The van der Waals surface area contributed by atoms with Gasteiger partial charge in [-0.25, -0.2) is 0 Å². The van der Waals surface area contributed by atoms with E-state index in [0.29, 0.717) is 12.6 Å². The second-order valence-corrected chi connectivity index (χ2v) is 6.84. The molecule has 0 spiro atoms. The van der Waals surface area contributed by atoms with E-state index < -0.39 is 0 Å². The Kier molecular flexibility index (Phi) is 4.76. The lowest BCUT2D eigenvalue weighted by Gasteiger charge is -2.38. The molecular weight excluding hydrogens is 312 g/mol. The van der Waals surface area contributed by atoms with Crippen LogP contribution in [0.2, 0.25) is 0 Å². The van der Waals surface area contributed by atoms with Crippen molar-refractivity contribution >= 4 is 5.57 Å². The normalized spacial score (nSPS) is 25.5. The van der Waals surface area contributed by atoms with E-state index in [4.69, 9.17) is 10.5 Å². The summed E-state index contributed by atoms with van der Waals surface area (Å²) in [5.74, 6) is 0.984. The molecule has 1 unspecified atom stereocenters. The third-order valence-electron chi connectivity index (χ3n) is 5.16. The molecule has 0 saturated carbocycles. The van der Waals surface area contributed by atoms with Gasteiger partial charge in [0, 0.05) is 55.3 Å². The number of fused-ring (bicyclic) bond motifs is 1. The number of benzene rings is 1. The van der Waals surface area contributed by atoms with Gasteiger partial charge in [0.2, 0.25) is 0 Å². The van der Waals surface area contributed by atoms with Gasteiger partial charge in [0.25, 0.3) is 0 Å². The second-order valence-electron chi connectivity index (χ2n) is 6.84. The van der Waals surface area contributed by atoms with Gasteiger partial charge in [-0.15, -0.1) is 0 Å². The fraction of sp³-hybridized carbons (Fsp3) is 0.400. The van der Waals surface area contributed by atoms with Crippen molar-refractivity contribution in [1.29, 1.82) is 0 Å². The summed E-state index contributed by atoms with van der Waals surface area (Å²) in [7, 11) is 0. The molecule has 0 radical (unpaired) electrons. The predicted molar refractivity (Wildman–Crippen MR) is 101 cm³/mol. The molecule has 2 heterocycles. The third-order valence-corrected chi connectivity index (χ3v) is 5.16. The number of rotatable bonds is 4. The first-order valence-electron chi connectivity index (χ1n) is 9.04. The summed E-state index contributed by atoms with van der Waals surface area (Å²) in [6.07, 6.45) is 9.56. The van der Waals surface area contributed by atoms with Crippen LogP contribution in [-0.2, 0) is 0 Å². The van der Waals surface area contributed by atoms with Gasteiger partial charge in [-0.2, -0.15) is 0 Å². The van der Waals surface area contributed by atoms with E-state index >= 15 is 0 Å². The van der Waals surface area contributed by atoms with E-state index in [9.17, 15) is 0 Å². The molecule has 1 fully saturated rings. The Hall–Kier alpha value is -2.24. The number of ether oxygens (including phenoxy) is 1. The average molecular weight is 338 g/mol. The topological polar surface area (TPSA) is 53.8 Å². The van der Waals surface area contributed by atoms with Crippen molar-refractivity contribution in [2.24, 2.45) is 5.73 Å². The SMILES string of the molecule is NC1=CC(N2CCN(CN/C=C3/COc4ccccc43)CC2)CC=C1. The number of hydrogen-bond donors (Lipinski definition) is 2. The quantitative estimate of drug-likeness (QED) is 0.876. The molecule has 4 rings (SSSR count). The Morgan fingerprint density at radius 1 is 1.20 bits per heavy atom. The number of allylic oxidation sites excluding steroid dienone is 1. The maximum absolute atomic E-state index is 5.93. The van der Waals surface area contributed by atoms with Crippen LogP contribution < -0.4 is 15.8 Å². The largest absolute Gasteiger partial charge is 0.488 e. The van der Waals surface area contributed by atoms with Gasteiger partial charge < -0.3 is 15.8 Å². The van der Waals surface area contributed by atoms with E-state index in [1.165, 1.54) is 11.1 Å². The van der Waals surface area contributed by atoms with E-state index in [1.807, 2.05) is 18.2 Å². The molecule has 1 aromatic carbocycles. The average Bonchev–Trinajstić information content (AvgIpc) is 3.06. The maximum atomic E-state index is 5.93. The van der Waals surface area contributed by atoms with Gasteiger partial charge >= 0.3 is 0 Å². The summed E-state index contributed by atoms with van der Waals surface area (Å²) in [6, 6.07) is 8.68. The van der Waals surface area contributed by atoms with Crippen molar-refractivity contribution in [1.82, 2.24) is 15.1 Å². The van der Waals surface area contributed by atoms with Crippen LogP contribution in [0.15, 0.2) is 54.4 Å². The molecule has 5 nitrogen and oxygen atoms in total. The summed E-state index contributed by atoms with van der Waals surface area (Å²) in [4.78, 5) is 4.99. The minimum atomic E-state index is 0.467. The van der Waals surface area contributed by atoms with E-state index in [2.05, 4.69) is 45.6 Å². The maximum Gasteiger partial charge on any atom is 0.127 e. The molecular formula is C20H26N4O. The molecule has 25 heavy (non-hydrogen) atoms. The van der Waals surface area contributed by atoms with Gasteiger partial charge in [0.15, 0.2) is 0 Å². The third kappa shape index (κ3) is 3.72. The van der Waals surface area contributed by atoms with E-state index in [-0.39, 0.29) is 0 Å². The van der Waals surface area contributed by atoms with Crippen molar-refractivity contribution in [3.05, 3.63) is 60.0 Å². The molecule has 0 bridgehead atoms. The Bertz CT molecular complexity index is 701. The molecule has 3 N–H and O–H groups in total. The standard InChI is InChI=1S/C20H26N4O/c21-17-4-3-5-18(12-17)24-10-8-23(9-11-24)15-22-13-16-14-25-20-7-2-1-6-19(16)20/h1-4,6-7,12-13,18,22H,5,8-11,14-15,21H2/b16-13-. The fourth-order valence-electron chi connectivity index (χ4n) is 3.71. The lowest BCUT2D eigenvalue weighted by Crippen LogP contribution is -2.51. The Morgan fingerprint density at radius 2 is 2.04 bits per heavy atom. The summed E-state index contributed by atoms with van der Waals surface area (Å²) in [5.41, 5.74) is 9.25. The monoisotopic (exact) mass is 338 g/mol. The molecule has 3 aliphatic rings. The smallest absolute Gasteiger partial charge is 0.127 e. The lowest BCUT2D eigenvalue weighted by molar-refractivity contribution is 0.109. The molecule has 0 aromatic heterocycles. The molecule has 0 amide bonds. The molecule has 1 atom stereocenters. The Morgan fingerprint density at radius 3 is 2.88 bits per heavy atom. The predicted octanol–water partition coefficient (Wildman–Crippen LogP) is 1.76. The van der Waals surface area contributed by atoms with Crippen LogP contribution in [-0.4, -0.2) is 55.3 Å². The number of nitrogens with zero attached hydrogens (tertiary/aromatic N) is 2. The van der Waals surface area contributed by atoms with Crippen LogP contribution >= 0.6 is 0 Å².